The van der Waals surface area contributed by atoms with Gasteiger partial charge in [-0.05, 0) is 42.4 Å². The molecule has 0 saturated carbocycles. The molecule has 0 radical (unpaired) electrons. The van der Waals surface area contributed by atoms with Crippen LogP contribution >= 0.6 is 24.2 Å². The van der Waals surface area contributed by atoms with Crippen LogP contribution in [0.2, 0.25) is 0 Å². The van der Waals surface area contributed by atoms with Crippen LogP contribution in [0.4, 0.5) is 0 Å². The number of halogens is 1. The number of hydrogen-bond acceptors (Lipinski definition) is 3. The van der Waals surface area contributed by atoms with E-state index in [1.807, 2.05) is 18.2 Å². The Balaban J connectivity index is 0.00000432. The maximum absolute atomic E-state index is 13.1. The maximum atomic E-state index is 13.1. The van der Waals surface area contributed by atoms with Gasteiger partial charge in [-0.25, -0.2) is 0 Å². The Labute approximate surface area is 221 Å². The molecule has 1 atom stereocenters. The summed E-state index contributed by atoms with van der Waals surface area (Å²) in [4.78, 5) is 13.1. The first-order valence-corrected chi connectivity index (χ1v) is 12.9. The van der Waals surface area contributed by atoms with Gasteiger partial charge in [0.05, 0.1) is 10.8 Å². The van der Waals surface area contributed by atoms with Crippen LogP contribution in [0.15, 0.2) is 91.0 Å². The first kappa shape index (κ1) is 29.0. The molecular formula is C30H39ClN2OS. The quantitative estimate of drug-likeness (QED) is 0.311. The van der Waals surface area contributed by atoms with Gasteiger partial charge >= 0.3 is 0 Å². The zero-order valence-electron chi connectivity index (χ0n) is 21.5. The minimum absolute atomic E-state index is 0. The molecule has 3 aromatic carbocycles. The lowest BCUT2D eigenvalue weighted by Gasteiger charge is -2.37. The molecule has 3 N–H and O–H groups in total. The summed E-state index contributed by atoms with van der Waals surface area (Å²) in [6.07, 6.45) is 0.869. The van der Waals surface area contributed by atoms with Crippen LogP contribution in [-0.4, -0.2) is 23.2 Å². The van der Waals surface area contributed by atoms with Crippen molar-refractivity contribution in [2.45, 2.75) is 57.4 Å². The largest absolute Gasteiger partial charge is 0.350 e. The van der Waals surface area contributed by atoms with Crippen molar-refractivity contribution in [1.82, 2.24) is 5.32 Å². The minimum Gasteiger partial charge on any atom is -0.350 e. The monoisotopic (exact) mass is 510 g/mol. The predicted molar refractivity (Wildman–Crippen MR) is 153 cm³/mol. The lowest BCUT2D eigenvalue weighted by atomic mass is 9.81. The molecule has 0 aliphatic rings. The molecule has 0 aliphatic heterocycles. The molecule has 3 aromatic rings. The summed E-state index contributed by atoms with van der Waals surface area (Å²) in [7, 11) is 0. The van der Waals surface area contributed by atoms with Crippen molar-refractivity contribution in [3.8, 4) is 0 Å². The van der Waals surface area contributed by atoms with E-state index < -0.39 is 10.8 Å². The van der Waals surface area contributed by atoms with Crippen molar-refractivity contribution in [2.75, 3.05) is 5.75 Å². The Kier molecular flexibility index (Phi) is 10.0. The van der Waals surface area contributed by atoms with Crippen LogP contribution in [0, 0.1) is 5.41 Å². The third-order valence-corrected chi connectivity index (χ3v) is 7.46. The van der Waals surface area contributed by atoms with Crippen molar-refractivity contribution < 1.29 is 4.79 Å². The Bertz CT molecular complexity index is 953. The molecule has 0 aliphatic carbocycles. The van der Waals surface area contributed by atoms with Gasteiger partial charge in [0.15, 0.2) is 0 Å². The van der Waals surface area contributed by atoms with E-state index in [1.165, 1.54) is 0 Å². The SMILES string of the molecule is CC(C)(C)CC(C)(C)NC(=O)[C@@H](N)CSC(c1ccccc1)(c1ccccc1)c1ccccc1.Cl. The van der Waals surface area contributed by atoms with Crippen LogP contribution < -0.4 is 11.1 Å². The van der Waals surface area contributed by atoms with Gasteiger partial charge in [0, 0.05) is 11.3 Å². The number of nitrogens with two attached hydrogens (primary N) is 1. The lowest BCUT2D eigenvalue weighted by Crippen LogP contribution is -2.52. The maximum Gasteiger partial charge on any atom is 0.238 e. The number of benzene rings is 3. The van der Waals surface area contributed by atoms with E-state index in [0.29, 0.717) is 5.75 Å². The van der Waals surface area contributed by atoms with Gasteiger partial charge in [0.1, 0.15) is 0 Å². The standard InChI is InChI=1S/C30H38N2OS.ClH/c1-28(2,3)22-29(4,5)32-27(33)26(31)21-34-30(23-15-9-6-10-16-23,24-17-11-7-12-18-24)25-19-13-8-14-20-25;/h6-20,26H,21-22,31H2,1-5H3,(H,32,33);1H/t26-;/m0./s1. The van der Waals surface area contributed by atoms with Gasteiger partial charge in [0.25, 0.3) is 0 Å². The lowest BCUT2D eigenvalue weighted by molar-refractivity contribution is -0.123. The van der Waals surface area contributed by atoms with Gasteiger partial charge in [-0.3, -0.25) is 4.79 Å². The molecule has 1 amide bonds. The topological polar surface area (TPSA) is 55.1 Å². The van der Waals surface area contributed by atoms with E-state index >= 15 is 0 Å². The summed E-state index contributed by atoms with van der Waals surface area (Å²) < 4.78 is -0.484. The third kappa shape index (κ3) is 7.60. The Morgan fingerprint density at radius 3 is 1.49 bits per heavy atom. The molecule has 0 saturated heterocycles. The smallest absolute Gasteiger partial charge is 0.238 e. The molecule has 0 spiro atoms. The van der Waals surface area contributed by atoms with Crippen LogP contribution in [0.5, 0.6) is 0 Å². The molecule has 188 valence electrons. The number of hydrogen-bond donors (Lipinski definition) is 2. The van der Waals surface area contributed by atoms with E-state index in [9.17, 15) is 4.79 Å². The number of nitrogens with one attached hydrogen (secondary N) is 1. The second-order valence-corrected chi connectivity index (χ2v) is 12.0. The first-order valence-electron chi connectivity index (χ1n) is 11.9. The zero-order valence-corrected chi connectivity index (χ0v) is 23.1. The summed E-state index contributed by atoms with van der Waals surface area (Å²) in [5.74, 6) is 0.376. The molecule has 0 unspecified atom stereocenters. The Morgan fingerprint density at radius 2 is 1.14 bits per heavy atom. The fourth-order valence-corrected chi connectivity index (χ4v) is 6.34. The molecular weight excluding hydrogens is 472 g/mol. The highest BCUT2D eigenvalue weighted by Gasteiger charge is 2.38. The fourth-order valence-electron chi connectivity index (χ4n) is 4.86. The van der Waals surface area contributed by atoms with E-state index in [0.717, 1.165) is 23.1 Å². The second-order valence-electron chi connectivity index (χ2n) is 10.8. The highest BCUT2D eigenvalue weighted by molar-refractivity contribution is 8.00. The zero-order chi connectivity index (χ0) is 24.8. The number of amides is 1. The number of carbonyl (C=O) groups excluding carboxylic acids is 1. The van der Waals surface area contributed by atoms with Crippen LogP contribution in [0.25, 0.3) is 0 Å². The fraction of sp³-hybridized carbons (Fsp3) is 0.367. The van der Waals surface area contributed by atoms with Crippen LogP contribution in [-0.2, 0) is 9.54 Å². The highest BCUT2D eigenvalue weighted by Crippen LogP contribution is 2.48. The molecule has 3 rings (SSSR count). The summed E-state index contributed by atoms with van der Waals surface area (Å²) in [6.45, 7) is 10.7. The number of carbonyl (C=O) groups is 1. The summed E-state index contributed by atoms with van der Waals surface area (Å²) in [5.41, 5.74) is 9.77. The second kappa shape index (κ2) is 12.1. The molecule has 0 fully saturated rings. The van der Waals surface area contributed by atoms with Crippen molar-refractivity contribution in [1.29, 1.82) is 0 Å². The van der Waals surface area contributed by atoms with E-state index in [-0.39, 0.29) is 29.3 Å². The Morgan fingerprint density at radius 1 is 0.771 bits per heavy atom. The van der Waals surface area contributed by atoms with Crippen molar-refractivity contribution in [2.24, 2.45) is 11.1 Å². The van der Waals surface area contributed by atoms with E-state index in [2.05, 4.69) is 113 Å². The molecule has 0 heterocycles. The van der Waals surface area contributed by atoms with Gasteiger partial charge in [-0.2, -0.15) is 0 Å². The predicted octanol–water partition coefficient (Wildman–Crippen LogP) is 6.79. The van der Waals surface area contributed by atoms with Crippen molar-refractivity contribution in [3.63, 3.8) is 0 Å². The van der Waals surface area contributed by atoms with Crippen molar-refractivity contribution >= 4 is 30.1 Å². The minimum atomic E-state index is -0.625. The molecule has 35 heavy (non-hydrogen) atoms. The summed E-state index contributed by atoms with van der Waals surface area (Å²) in [5, 5.41) is 3.19. The average Bonchev–Trinajstić information content (AvgIpc) is 2.79. The normalized spacial score (nSPS) is 13.0. The van der Waals surface area contributed by atoms with Gasteiger partial charge in [-0.15, -0.1) is 24.2 Å². The van der Waals surface area contributed by atoms with Gasteiger partial charge < -0.3 is 11.1 Å². The van der Waals surface area contributed by atoms with Crippen LogP contribution in [0.1, 0.15) is 57.7 Å². The average molecular weight is 511 g/mol. The third-order valence-electron chi connectivity index (χ3n) is 5.79. The molecule has 5 heteroatoms. The molecule has 0 bridgehead atoms. The molecule has 3 nitrogen and oxygen atoms in total. The first-order chi connectivity index (χ1) is 16.0. The van der Waals surface area contributed by atoms with E-state index in [4.69, 9.17) is 5.73 Å². The van der Waals surface area contributed by atoms with E-state index in [1.54, 1.807) is 11.8 Å². The Hall–Kier alpha value is -2.27. The molecule has 0 aromatic heterocycles. The van der Waals surface area contributed by atoms with Gasteiger partial charge in [0.2, 0.25) is 5.91 Å². The van der Waals surface area contributed by atoms with Gasteiger partial charge in [-0.1, -0.05) is 112 Å². The van der Waals surface area contributed by atoms with Crippen molar-refractivity contribution in [3.05, 3.63) is 108 Å². The summed E-state index contributed by atoms with van der Waals surface area (Å²) in [6, 6.07) is 30.8. The number of thioether (sulfide) groups is 1. The highest BCUT2D eigenvalue weighted by atomic mass is 35.5. The number of rotatable bonds is 9. The van der Waals surface area contributed by atoms with Crippen LogP contribution in [0.3, 0.4) is 0 Å². The summed E-state index contributed by atoms with van der Waals surface area (Å²) >= 11 is 1.72.